The van der Waals surface area contributed by atoms with Crippen LogP contribution in [0.2, 0.25) is 5.02 Å². The fraction of sp³-hybridized carbons (Fsp3) is 0.316. The van der Waals surface area contributed by atoms with Crippen LogP contribution < -0.4 is 10.6 Å². The lowest BCUT2D eigenvalue weighted by Crippen LogP contribution is -2.55. The topological polar surface area (TPSA) is 83.8 Å². The Hall–Kier alpha value is -2.76. The van der Waals surface area contributed by atoms with Gasteiger partial charge in [-0.3, -0.25) is 4.98 Å². The van der Waals surface area contributed by atoms with E-state index in [1.54, 1.807) is 41.4 Å². The van der Waals surface area contributed by atoms with Gasteiger partial charge in [0.1, 0.15) is 0 Å². The van der Waals surface area contributed by atoms with Crippen LogP contribution in [0.1, 0.15) is 17.7 Å². The molecule has 0 aliphatic carbocycles. The number of aromatic nitrogens is 3. The van der Waals surface area contributed by atoms with Gasteiger partial charge in [-0.25, -0.2) is 13.8 Å². The average Bonchev–Trinajstić information content (AvgIpc) is 3.03. The van der Waals surface area contributed by atoms with Crippen LogP contribution in [0.4, 0.5) is 14.7 Å². The third kappa shape index (κ3) is 3.39. The monoisotopic (exact) mass is 402 g/mol. The van der Waals surface area contributed by atoms with E-state index in [-0.39, 0.29) is 19.5 Å². The first-order valence-electron chi connectivity index (χ1n) is 8.76. The molecule has 3 heterocycles. The zero-order valence-electron chi connectivity index (χ0n) is 14.8. The number of anilines is 1. The molecule has 1 fully saturated rings. The number of nitriles is 1. The lowest BCUT2D eigenvalue weighted by Gasteiger charge is -2.37. The number of halogens is 3. The Morgan fingerprint density at radius 2 is 2.14 bits per heavy atom. The lowest BCUT2D eigenvalue weighted by atomic mass is 10.0. The fourth-order valence-corrected chi connectivity index (χ4v) is 3.46. The highest BCUT2D eigenvalue weighted by Crippen LogP contribution is 2.32. The number of hydrogen-bond donors (Lipinski definition) is 1. The van der Waals surface area contributed by atoms with Crippen LogP contribution in [-0.2, 0) is 6.54 Å². The summed E-state index contributed by atoms with van der Waals surface area (Å²) in [5, 5.41) is 9.76. The minimum atomic E-state index is -2.89. The molecule has 0 spiro atoms. The molecule has 4 rings (SSSR count). The summed E-state index contributed by atoms with van der Waals surface area (Å²) in [5.74, 6) is -2.35. The Labute approximate surface area is 165 Å². The van der Waals surface area contributed by atoms with Crippen molar-refractivity contribution in [2.45, 2.75) is 24.9 Å². The summed E-state index contributed by atoms with van der Waals surface area (Å²) < 4.78 is 29.6. The third-order valence-electron chi connectivity index (χ3n) is 4.92. The number of piperidine rings is 1. The van der Waals surface area contributed by atoms with Gasteiger partial charge in [0.25, 0.3) is 5.92 Å². The van der Waals surface area contributed by atoms with E-state index in [4.69, 9.17) is 17.3 Å². The molecule has 0 radical (unpaired) electrons. The molecule has 6 nitrogen and oxygen atoms in total. The van der Waals surface area contributed by atoms with Crippen LogP contribution in [0.3, 0.4) is 0 Å². The molecule has 1 atom stereocenters. The van der Waals surface area contributed by atoms with Gasteiger partial charge < -0.3 is 15.2 Å². The SMILES string of the molecule is N#Cc1ccc2nc(N3CCC(F)(F)[C@H](N)C3)n(Cc3ccc(Cl)cn3)c2c1. The molecule has 28 heavy (non-hydrogen) atoms. The third-order valence-corrected chi connectivity index (χ3v) is 5.15. The van der Waals surface area contributed by atoms with E-state index in [1.165, 1.54) is 0 Å². The standard InChI is InChI=1S/C19H17ClF2N6/c20-13-2-3-14(25-9-13)10-28-16-7-12(8-23)1-4-15(16)26-18(28)27-6-5-19(21,22)17(24)11-27/h1-4,7,9,17H,5-6,10-11,24H2/t17-/m1/s1. The predicted octanol–water partition coefficient (Wildman–Crippen LogP) is 3.18. The molecule has 1 aliphatic heterocycles. The molecule has 0 saturated carbocycles. The number of rotatable bonds is 3. The maximum absolute atomic E-state index is 13.8. The maximum Gasteiger partial charge on any atom is 0.266 e. The lowest BCUT2D eigenvalue weighted by molar-refractivity contribution is -0.0395. The van der Waals surface area contributed by atoms with Crippen molar-refractivity contribution in [3.05, 3.63) is 52.8 Å². The summed E-state index contributed by atoms with van der Waals surface area (Å²) >= 11 is 5.91. The van der Waals surface area contributed by atoms with Crippen molar-refractivity contribution in [1.82, 2.24) is 14.5 Å². The van der Waals surface area contributed by atoms with Crippen LogP contribution in [0, 0.1) is 11.3 Å². The molecule has 9 heteroatoms. The van der Waals surface area contributed by atoms with Crippen molar-refractivity contribution < 1.29 is 8.78 Å². The van der Waals surface area contributed by atoms with Crippen molar-refractivity contribution in [3.63, 3.8) is 0 Å². The van der Waals surface area contributed by atoms with Crippen molar-refractivity contribution in [1.29, 1.82) is 5.26 Å². The van der Waals surface area contributed by atoms with E-state index in [0.29, 0.717) is 28.6 Å². The van der Waals surface area contributed by atoms with Gasteiger partial charge in [-0.05, 0) is 30.3 Å². The van der Waals surface area contributed by atoms with Crippen LogP contribution in [0.15, 0.2) is 36.5 Å². The maximum atomic E-state index is 13.8. The Morgan fingerprint density at radius 1 is 1.32 bits per heavy atom. The summed E-state index contributed by atoms with van der Waals surface area (Å²) in [6, 6.07) is 9.55. The summed E-state index contributed by atoms with van der Waals surface area (Å²) in [6.45, 7) is 0.499. The van der Waals surface area contributed by atoms with Gasteiger partial charge >= 0.3 is 0 Å². The number of nitrogens with zero attached hydrogens (tertiary/aromatic N) is 5. The first kappa shape index (κ1) is 18.6. The van der Waals surface area contributed by atoms with Gasteiger partial charge in [0.15, 0.2) is 0 Å². The molecule has 0 amide bonds. The average molecular weight is 403 g/mol. The summed E-state index contributed by atoms with van der Waals surface area (Å²) in [7, 11) is 0. The highest BCUT2D eigenvalue weighted by Gasteiger charge is 2.42. The molecule has 1 aromatic carbocycles. The van der Waals surface area contributed by atoms with Crippen molar-refractivity contribution in [3.8, 4) is 6.07 Å². The normalized spacial score (nSPS) is 19.0. The Morgan fingerprint density at radius 3 is 2.82 bits per heavy atom. The van der Waals surface area contributed by atoms with Gasteiger partial charge in [-0.2, -0.15) is 5.26 Å². The van der Waals surface area contributed by atoms with Crippen molar-refractivity contribution >= 4 is 28.6 Å². The fourth-order valence-electron chi connectivity index (χ4n) is 3.35. The zero-order valence-corrected chi connectivity index (χ0v) is 15.6. The van der Waals surface area contributed by atoms with Crippen molar-refractivity contribution in [2.75, 3.05) is 18.0 Å². The minimum absolute atomic E-state index is 0.00449. The van der Waals surface area contributed by atoms with Crippen LogP contribution >= 0.6 is 11.6 Å². The van der Waals surface area contributed by atoms with Crippen LogP contribution in [0.25, 0.3) is 11.0 Å². The number of benzene rings is 1. The number of hydrogen-bond acceptors (Lipinski definition) is 5. The Balaban J connectivity index is 1.79. The van der Waals surface area contributed by atoms with E-state index in [9.17, 15) is 14.0 Å². The first-order valence-corrected chi connectivity index (χ1v) is 9.14. The molecular weight excluding hydrogens is 386 g/mol. The number of fused-ring (bicyclic) bond motifs is 1. The molecule has 0 bridgehead atoms. The molecule has 144 valence electrons. The van der Waals surface area contributed by atoms with E-state index in [0.717, 1.165) is 11.2 Å². The molecule has 0 unspecified atom stereocenters. The number of nitrogens with two attached hydrogens (primary N) is 1. The summed E-state index contributed by atoms with van der Waals surface area (Å²) in [4.78, 5) is 10.7. The second-order valence-corrected chi connectivity index (χ2v) is 7.28. The second-order valence-electron chi connectivity index (χ2n) is 6.84. The molecular formula is C19H17ClF2N6. The number of pyridine rings is 1. The zero-order chi connectivity index (χ0) is 19.9. The largest absolute Gasteiger partial charge is 0.340 e. The first-order chi connectivity index (χ1) is 13.4. The van der Waals surface area contributed by atoms with Crippen LogP contribution in [0.5, 0.6) is 0 Å². The second kappa shape index (κ2) is 7.00. The minimum Gasteiger partial charge on any atom is -0.340 e. The van der Waals surface area contributed by atoms with Gasteiger partial charge in [-0.1, -0.05) is 11.6 Å². The van der Waals surface area contributed by atoms with Crippen molar-refractivity contribution in [2.24, 2.45) is 5.73 Å². The molecule has 2 aromatic heterocycles. The highest BCUT2D eigenvalue weighted by atomic mass is 35.5. The van der Waals surface area contributed by atoms with Crippen LogP contribution in [-0.4, -0.2) is 39.6 Å². The smallest absolute Gasteiger partial charge is 0.266 e. The molecule has 3 aromatic rings. The summed E-state index contributed by atoms with van der Waals surface area (Å²) in [6.07, 6.45) is 1.22. The van der Waals surface area contributed by atoms with E-state index in [2.05, 4.69) is 16.0 Å². The highest BCUT2D eigenvalue weighted by molar-refractivity contribution is 6.30. The van der Waals surface area contributed by atoms with E-state index in [1.807, 2.05) is 4.57 Å². The Bertz CT molecular complexity index is 1060. The Kier molecular flexibility index (Phi) is 4.65. The molecule has 1 saturated heterocycles. The quantitative estimate of drug-likeness (QED) is 0.727. The van der Waals surface area contributed by atoms with Gasteiger partial charge in [-0.15, -0.1) is 0 Å². The van der Waals surface area contributed by atoms with E-state index < -0.39 is 12.0 Å². The van der Waals surface area contributed by atoms with Gasteiger partial charge in [0, 0.05) is 25.7 Å². The predicted molar refractivity (Wildman–Crippen MR) is 103 cm³/mol. The van der Waals surface area contributed by atoms with Gasteiger partial charge in [0.2, 0.25) is 5.95 Å². The molecule has 2 N–H and O–H groups in total. The molecule has 1 aliphatic rings. The number of imidazole rings is 1. The van der Waals surface area contributed by atoms with Gasteiger partial charge in [0.05, 0.1) is 46.0 Å². The van der Waals surface area contributed by atoms with E-state index >= 15 is 0 Å². The summed E-state index contributed by atoms with van der Waals surface area (Å²) in [5.41, 5.74) is 8.34. The number of alkyl halides is 2.